The van der Waals surface area contributed by atoms with E-state index >= 15 is 0 Å². The summed E-state index contributed by atoms with van der Waals surface area (Å²) in [6.07, 6.45) is 6.72. The first kappa shape index (κ1) is 16.2. The second kappa shape index (κ2) is 10.3. The Bertz CT molecular complexity index is 214. The van der Waals surface area contributed by atoms with Crippen molar-refractivity contribution in [3.63, 3.8) is 0 Å². The first-order valence-electron chi connectivity index (χ1n) is 6.58. The first-order chi connectivity index (χ1) is 8.13. The highest BCUT2D eigenvalue weighted by Gasteiger charge is 2.11. The lowest BCUT2D eigenvalue weighted by molar-refractivity contribution is -0.171. The Labute approximate surface area is 105 Å². The van der Waals surface area contributed by atoms with Crippen LogP contribution < -0.4 is 0 Å². The van der Waals surface area contributed by atoms with Crippen molar-refractivity contribution in [2.45, 2.75) is 59.2 Å². The summed E-state index contributed by atoms with van der Waals surface area (Å²) in [5.41, 5.74) is 0. The summed E-state index contributed by atoms with van der Waals surface area (Å²) in [7, 11) is 0. The Hall–Kier alpha value is -0.830. The molecule has 17 heavy (non-hydrogen) atoms. The molecule has 0 amide bonds. The van der Waals surface area contributed by atoms with Gasteiger partial charge in [-0.25, -0.2) is 4.79 Å². The molecule has 3 heteroatoms. The van der Waals surface area contributed by atoms with Gasteiger partial charge in [0.15, 0.2) is 6.29 Å². The zero-order valence-electron chi connectivity index (χ0n) is 11.4. The maximum absolute atomic E-state index is 10.9. The molecule has 0 aromatic carbocycles. The number of carbonyl (C=O) groups is 1. The van der Waals surface area contributed by atoms with E-state index in [4.69, 9.17) is 9.47 Å². The van der Waals surface area contributed by atoms with Gasteiger partial charge in [0.2, 0.25) is 0 Å². The minimum atomic E-state index is -0.485. The third kappa shape index (κ3) is 8.93. The number of hydrogen-bond donors (Lipinski definition) is 0. The molecule has 3 nitrogen and oxygen atoms in total. The fraction of sp³-hybridized carbons (Fsp3) is 0.786. The summed E-state index contributed by atoms with van der Waals surface area (Å²) in [4.78, 5) is 10.9. The molecule has 0 saturated heterocycles. The van der Waals surface area contributed by atoms with Gasteiger partial charge >= 0.3 is 5.97 Å². The van der Waals surface area contributed by atoms with Gasteiger partial charge in [0.25, 0.3) is 0 Å². The van der Waals surface area contributed by atoms with E-state index < -0.39 is 12.3 Å². The van der Waals surface area contributed by atoms with Crippen molar-refractivity contribution in [1.82, 2.24) is 0 Å². The Morgan fingerprint density at radius 1 is 1.35 bits per heavy atom. The highest BCUT2D eigenvalue weighted by atomic mass is 16.7. The van der Waals surface area contributed by atoms with Crippen LogP contribution in [0.1, 0.15) is 52.9 Å². The van der Waals surface area contributed by atoms with Crippen LogP contribution >= 0.6 is 0 Å². The van der Waals surface area contributed by atoms with Gasteiger partial charge in [-0.3, -0.25) is 0 Å². The average molecular weight is 242 g/mol. The standard InChI is InChI=1S/C14H26O3/c1-5-8-9-10-13(6-2)11-16-12(4)17-14(15)7-3/h7,12-13H,3,5-6,8-11H2,1-2,4H3. The maximum Gasteiger partial charge on any atom is 0.332 e. The molecule has 0 N–H and O–H groups in total. The van der Waals surface area contributed by atoms with Crippen LogP contribution in [0.4, 0.5) is 0 Å². The van der Waals surface area contributed by atoms with Crippen molar-refractivity contribution in [2.75, 3.05) is 6.61 Å². The topological polar surface area (TPSA) is 35.5 Å². The minimum Gasteiger partial charge on any atom is -0.433 e. The molecular weight excluding hydrogens is 216 g/mol. The molecule has 0 rings (SSSR count). The molecule has 0 spiro atoms. The molecule has 2 atom stereocenters. The van der Waals surface area contributed by atoms with E-state index in [2.05, 4.69) is 20.4 Å². The van der Waals surface area contributed by atoms with Crippen molar-refractivity contribution < 1.29 is 14.3 Å². The molecule has 0 bridgehead atoms. The van der Waals surface area contributed by atoms with Gasteiger partial charge < -0.3 is 9.47 Å². The van der Waals surface area contributed by atoms with Gasteiger partial charge in [0, 0.05) is 6.08 Å². The molecule has 0 aromatic rings. The van der Waals surface area contributed by atoms with Crippen LogP contribution in [0.25, 0.3) is 0 Å². The molecule has 100 valence electrons. The van der Waals surface area contributed by atoms with Crippen molar-refractivity contribution in [1.29, 1.82) is 0 Å². The summed E-state index contributed by atoms with van der Waals surface area (Å²) in [5, 5.41) is 0. The molecule has 0 aliphatic heterocycles. The molecule has 0 heterocycles. The number of rotatable bonds is 10. The van der Waals surface area contributed by atoms with Gasteiger partial charge in [0.05, 0.1) is 6.61 Å². The smallest absolute Gasteiger partial charge is 0.332 e. The molecule has 2 unspecified atom stereocenters. The Balaban J connectivity index is 3.73. The summed E-state index contributed by atoms with van der Waals surface area (Å²) in [6, 6.07) is 0. The van der Waals surface area contributed by atoms with Crippen molar-refractivity contribution in [3.05, 3.63) is 12.7 Å². The molecule has 0 aliphatic carbocycles. The van der Waals surface area contributed by atoms with Crippen molar-refractivity contribution in [3.8, 4) is 0 Å². The minimum absolute atomic E-state index is 0.434. The third-order valence-corrected chi connectivity index (χ3v) is 2.81. The lowest BCUT2D eigenvalue weighted by Crippen LogP contribution is -2.20. The lowest BCUT2D eigenvalue weighted by Gasteiger charge is -2.18. The lowest BCUT2D eigenvalue weighted by atomic mass is 10.00. The van der Waals surface area contributed by atoms with Gasteiger partial charge in [-0.2, -0.15) is 0 Å². The second-order valence-electron chi connectivity index (χ2n) is 4.31. The molecule has 0 radical (unpaired) electrons. The van der Waals surface area contributed by atoms with Crippen LogP contribution in [0.15, 0.2) is 12.7 Å². The molecule has 0 aromatic heterocycles. The molecular formula is C14H26O3. The quantitative estimate of drug-likeness (QED) is 0.254. The number of ether oxygens (including phenoxy) is 2. The van der Waals surface area contributed by atoms with Crippen LogP contribution in [0.5, 0.6) is 0 Å². The van der Waals surface area contributed by atoms with Gasteiger partial charge in [-0.05, 0) is 19.3 Å². The summed E-state index contributed by atoms with van der Waals surface area (Å²) < 4.78 is 10.4. The SMILES string of the molecule is C=CC(=O)OC(C)OCC(CC)CCCCC. The van der Waals surface area contributed by atoms with Crippen LogP contribution in [-0.2, 0) is 14.3 Å². The zero-order chi connectivity index (χ0) is 13.1. The first-order valence-corrected chi connectivity index (χ1v) is 6.58. The fourth-order valence-electron chi connectivity index (χ4n) is 1.61. The number of carbonyl (C=O) groups excluding carboxylic acids is 1. The van der Waals surface area contributed by atoms with E-state index in [9.17, 15) is 4.79 Å². The summed E-state index contributed by atoms with van der Waals surface area (Å²) >= 11 is 0. The van der Waals surface area contributed by atoms with Crippen molar-refractivity contribution in [2.24, 2.45) is 5.92 Å². The van der Waals surface area contributed by atoms with Crippen molar-refractivity contribution >= 4 is 5.97 Å². The van der Waals surface area contributed by atoms with Crippen LogP contribution in [0.2, 0.25) is 0 Å². The normalized spacial score (nSPS) is 14.1. The third-order valence-electron chi connectivity index (χ3n) is 2.81. The van der Waals surface area contributed by atoms with Crippen LogP contribution in [0.3, 0.4) is 0 Å². The highest BCUT2D eigenvalue weighted by molar-refractivity contribution is 5.81. The molecule has 0 saturated carbocycles. The summed E-state index contributed by atoms with van der Waals surface area (Å²) in [5.74, 6) is 0.128. The van der Waals surface area contributed by atoms with E-state index in [0.717, 1.165) is 12.5 Å². The Morgan fingerprint density at radius 2 is 2.06 bits per heavy atom. The number of hydrogen-bond acceptors (Lipinski definition) is 3. The summed E-state index contributed by atoms with van der Waals surface area (Å²) in [6.45, 7) is 10.1. The predicted molar refractivity (Wildman–Crippen MR) is 69.6 cm³/mol. The Kier molecular flexibility index (Phi) is 9.83. The monoisotopic (exact) mass is 242 g/mol. The highest BCUT2D eigenvalue weighted by Crippen LogP contribution is 2.14. The number of unbranched alkanes of at least 4 members (excludes halogenated alkanes) is 2. The largest absolute Gasteiger partial charge is 0.433 e. The fourth-order valence-corrected chi connectivity index (χ4v) is 1.61. The zero-order valence-corrected chi connectivity index (χ0v) is 11.4. The van der Waals surface area contributed by atoms with Gasteiger partial charge in [0.1, 0.15) is 0 Å². The van der Waals surface area contributed by atoms with E-state index in [1.165, 1.54) is 25.7 Å². The molecule has 0 fully saturated rings. The van der Waals surface area contributed by atoms with E-state index in [0.29, 0.717) is 12.5 Å². The Morgan fingerprint density at radius 3 is 2.59 bits per heavy atom. The maximum atomic E-state index is 10.9. The second-order valence-corrected chi connectivity index (χ2v) is 4.31. The average Bonchev–Trinajstić information content (AvgIpc) is 2.33. The van der Waals surface area contributed by atoms with Crippen LogP contribution in [-0.4, -0.2) is 18.9 Å². The van der Waals surface area contributed by atoms with Gasteiger partial charge in [-0.1, -0.05) is 46.1 Å². The van der Waals surface area contributed by atoms with E-state index in [1.807, 2.05) is 0 Å². The predicted octanol–water partition coefficient (Wildman–Crippen LogP) is 3.68. The van der Waals surface area contributed by atoms with Crippen LogP contribution in [0, 0.1) is 5.92 Å². The number of esters is 1. The van der Waals surface area contributed by atoms with E-state index in [1.54, 1.807) is 6.92 Å². The van der Waals surface area contributed by atoms with E-state index in [-0.39, 0.29) is 0 Å². The molecule has 0 aliphatic rings. The van der Waals surface area contributed by atoms with Gasteiger partial charge in [-0.15, -0.1) is 0 Å².